The molecule has 14 nitrogen and oxygen atoms in total. The molecular formula is C28H39N9O5. The highest BCUT2D eigenvalue weighted by Gasteiger charge is 2.40. The van der Waals surface area contributed by atoms with E-state index in [4.69, 9.17) is 25.7 Å². The maximum atomic E-state index is 12.8. The number of hydrogen-bond acceptors (Lipinski definition) is 11. The van der Waals surface area contributed by atoms with E-state index >= 15 is 0 Å². The van der Waals surface area contributed by atoms with Crippen LogP contribution in [0.4, 0.5) is 10.6 Å². The van der Waals surface area contributed by atoms with Crippen molar-refractivity contribution in [1.82, 2.24) is 34.6 Å². The van der Waals surface area contributed by atoms with Crippen molar-refractivity contribution in [3.8, 4) is 5.75 Å². The van der Waals surface area contributed by atoms with Crippen LogP contribution in [0, 0.1) is 0 Å². The van der Waals surface area contributed by atoms with Gasteiger partial charge in [0.1, 0.15) is 36.5 Å². The van der Waals surface area contributed by atoms with Crippen molar-refractivity contribution in [3.05, 3.63) is 54.8 Å². The van der Waals surface area contributed by atoms with Gasteiger partial charge in [-0.2, -0.15) is 0 Å². The van der Waals surface area contributed by atoms with Gasteiger partial charge >= 0.3 is 6.03 Å². The number of nitrogens with two attached hydrogens (primary N) is 2. The number of likely N-dealkylation sites (N-methyl/N-ethyl adjacent to an activating group) is 1. The number of para-hydroxylation sites is 1. The fourth-order valence-electron chi connectivity index (χ4n) is 5.17. The van der Waals surface area contributed by atoms with Gasteiger partial charge in [0.15, 0.2) is 23.5 Å². The fraction of sp³-hybridized carbons (Fsp3) is 0.500. The summed E-state index contributed by atoms with van der Waals surface area (Å²) < 4.78 is 19.9. The molecule has 5 rings (SSSR count). The SMILES string of the molecule is CN1C(=O)N(CCOc2ccccc2)C=C(CNCC[C@@H]2C[C@H](OC(C)(C)O)[C@H](n3cnc4c(N)ncnc43)O2)C1N. The second kappa shape index (κ2) is 12.6. The third kappa shape index (κ3) is 6.79. The van der Waals surface area contributed by atoms with Gasteiger partial charge in [-0.1, -0.05) is 18.2 Å². The molecule has 0 spiro atoms. The Bertz CT molecular complexity index is 1390. The Morgan fingerprint density at radius 2 is 2.00 bits per heavy atom. The van der Waals surface area contributed by atoms with Crippen LogP contribution in [0.25, 0.3) is 11.2 Å². The third-order valence-corrected chi connectivity index (χ3v) is 7.23. The van der Waals surface area contributed by atoms with Crippen LogP contribution in [0.1, 0.15) is 32.9 Å². The third-order valence-electron chi connectivity index (χ3n) is 7.23. The maximum absolute atomic E-state index is 12.8. The number of nitrogens with one attached hydrogen (secondary N) is 1. The summed E-state index contributed by atoms with van der Waals surface area (Å²) in [7, 11) is 1.69. The minimum atomic E-state index is -1.35. The molecule has 0 radical (unpaired) electrons. The lowest BCUT2D eigenvalue weighted by molar-refractivity contribution is -0.222. The van der Waals surface area contributed by atoms with Crippen molar-refractivity contribution in [3.63, 3.8) is 0 Å². The Morgan fingerprint density at radius 3 is 2.76 bits per heavy atom. The van der Waals surface area contributed by atoms with Gasteiger partial charge in [-0.15, -0.1) is 0 Å². The molecule has 42 heavy (non-hydrogen) atoms. The summed E-state index contributed by atoms with van der Waals surface area (Å²) in [6.45, 7) is 5.06. The molecule has 0 saturated carbocycles. The van der Waals surface area contributed by atoms with E-state index in [1.807, 2.05) is 30.3 Å². The molecule has 0 aliphatic carbocycles. The highest BCUT2D eigenvalue weighted by Crippen LogP contribution is 2.36. The minimum absolute atomic E-state index is 0.156. The zero-order chi connectivity index (χ0) is 29.9. The lowest BCUT2D eigenvalue weighted by atomic mass is 10.1. The summed E-state index contributed by atoms with van der Waals surface area (Å²) in [6, 6.07) is 9.31. The number of benzene rings is 1. The Balaban J connectivity index is 1.17. The number of rotatable bonds is 12. The first kappa shape index (κ1) is 29.7. The van der Waals surface area contributed by atoms with Crippen molar-refractivity contribution in [2.75, 3.05) is 39.0 Å². The highest BCUT2D eigenvalue weighted by molar-refractivity contribution is 5.81. The first-order valence-electron chi connectivity index (χ1n) is 14.0. The van der Waals surface area contributed by atoms with Crippen LogP contribution < -0.4 is 21.5 Å². The summed E-state index contributed by atoms with van der Waals surface area (Å²) in [4.78, 5) is 28.6. The van der Waals surface area contributed by atoms with Crippen molar-refractivity contribution < 1.29 is 24.1 Å². The fourth-order valence-corrected chi connectivity index (χ4v) is 5.17. The van der Waals surface area contributed by atoms with Gasteiger partial charge in [-0.05, 0) is 44.5 Å². The number of aliphatic hydroxyl groups is 1. The molecule has 4 heterocycles. The largest absolute Gasteiger partial charge is 0.492 e. The van der Waals surface area contributed by atoms with E-state index in [0.29, 0.717) is 50.2 Å². The number of carbonyl (C=O) groups is 1. The van der Waals surface area contributed by atoms with Crippen LogP contribution in [-0.4, -0.2) is 97.9 Å². The lowest BCUT2D eigenvalue weighted by Gasteiger charge is -2.36. The zero-order valence-electron chi connectivity index (χ0n) is 24.1. The number of aromatic nitrogens is 4. The number of fused-ring (bicyclic) bond motifs is 1. The van der Waals surface area contributed by atoms with Crippen LogP contribution in [0.15, 0.2) is 54.8 Å². The van der Waals surface area contributed by atoms with Crippen molar-refractivity contribution >= 4 is 23.0 Å². The molecule has 14 heteroatoms. The molecule has 2 aromatic heterocycles. The summed E-state index contributed by atoms with van der Waals surface area (Å²) in [5.74, 6) is -0.320. The van der Waals surface area contributed by atoms with Gasteiger partial charge in [-0.25, -0.2) is 19.7 Å². The van der Waals surface area contributed by atoms with E-state index in [9.17, 15) is 9.90 Å². The number of nitrogen functional groups attached to an aromatic ring is 1. The molecule has 2 amide bonds. The number of urea groups is 1. The van der Waals surface area contributed by atoms with E-state index < -0.39 is 24.3 Å². The van der Waals surface area contributed by atoms with Gasteiger partial charge in [-0.3, -0.25) is 9.47 Å². The van der Waals surface area contributed by atoms with Crippen molar-refractivity contribution in [2.45, 2.75) is 57.1 Å². The Labute approximate surface area is 244 Å². The summed E-state index contributed by atoms with van der Waals surface area (Å²) in [6.07, 6.45) is 4.35. The molecule has 226 valence electrons. The molecule has 6 N–H and O–H groups in total. The van der Waals surface area contributed by atoms with Crippen molar-refractivity contribution in [2.24, 2.45) is 5.73 Å². The second-order valence-electron chi connectivity index (χ2n) is 10.9. The number of amides is 2. The molecule has 1 unspecified atom stereocenters. The Kier molecular flexibility index (Phi) is 8.89. The van der Waals surface area contributed by atoms with E-state index in [1.165, 1.54) is 11.2 Å². The highest BCUT2D eigenvalue weighted by atomic mass is 16.7. The molecular weight excluding hydrogens is 542 g/mol. The molecule has 1 aromatic carbocycles. The van der Waals surface area contributed by atoms with Crippen LogP contribution in [0.5, 0.6) is 5.75 Å². The summed E-state index contributed by atoms with van der Waals surface area (Å²) in [5.41, 5.74) is 14.2. The average Bonchev–Trinajstić information content (AvgIpc) is 3.56. The maximum Gasteiger partial charge on any atom is 0.325 e. The molecule has 2 aliphatic heterocycles. The van der Waals surface area contributed by atoms with Gasteiger partial charge < -0.3 is 41.0 Å². The predicted molar refractivity (Wildman–Crippen MR) is 155 cm³/mol. The number of ether oxygens (including phenoxy) is 3. The quantitative estimate of drug-likeness (QED) is 0.179. The number of nitrogens with zero attached hydrogens (tertiary/aromatic N) is 6. The normalized spacial score (nSPS) is 23.1. The van der Waals surface area contributed by atoms with E-state index in [2.05, 4.69) is 20.3 Å². The molecule has 2 aliphatic rings. The summed E-state index contributed by atoms with van der Waals surface area (Å²) in [5, 5.41) is 13.8. The zero-order valence-corrected chi connectivity index (χ0v) is 24.1. The van der Waals surface area contributed by atoms with Gasteiger partial charge in [0.2, 0.25) is 0 Å². The molecule has 3 aromatic rings. The smallest absolute Gasteiger partial charge is 0.325 e. The molecule has 1 saturated heterocycles. The molecule has 1 fully saturated rings. The van der Waals surface area contributed by atoms with Crippen LogP contribution in [0.3, 0.4) is 0 Å². The number of anilines is 1. The van der Waals surface area contributed by atoms with Crippen LogP contribution in [0.2, 0.25) is 0 Å². The average molecular weight is 582 g/mol. The Morgan fingerprint density at radius 1 is 1.21 bits per heavy atom. The van der Waals surface area contributed by atoms with Gasteiger partial charge in [0.25, 0.3) is 0 Å². The molecule has 0 bridgehead atoms. The predicted octanol–water partition coefficient (Wildman–Crippen LogP) is 1.40. The number of imidazole rings is 1. The standard InChI is InChI=1S/C28H39N9O5/c1-28(2,39)42-21-13-20(41-26(21)37-17-34-22-23(29)32-16-33-25(22)37)9-10-31-14-18-15-36(27(38)35(3)24(18)30)11-12-40-19-7-5-4-6-8-19/h4-8,15-17,20-21,24,26,31,39H,9-14,30H2,1-3H3,(H2,29,32,33)/t20-,21+,24?,26-/m1/s1. The first-order valence-corrected chi connectivity index (χ1v) is 14.0. The summed E-state index contributed by atoms with van der Waals surface area (Å²) >= 11 is 0. The minimum Gasteiger partial charge on any atom is -0.492 e. The van der Waals surface area contributed by atoms with Crippen LogP contribution >= 0.6 is 0 Å². The number of carbonyl (C=O) groups excluding carboxylic acids is 1. The van der Waals surface area contributed by atoms with Crippen LogP contribution in [-0.2, 0) is 9.47 Å². The monoisotopic (exact) mass is 581 g/mol. The van der Waals surface area contributed by atoms with E-state index in [-0.39, 0.29) is 18.0 Å². The molecule has 4 atom stereocenters. The Hall–Kier alpha value is -3.82. The second-order valence-corrected chi connectivity index (χ2v) is 10.9. The van der Waals surface area contributed by atoms with Gasteiger partial charge in [0.05, 0.1) is 19.0 Å². The number of hydrogen-bond donors (Lipinski definition) is 4. The van der Waals surface area contributed by atoms with E-state index in [1.54, 1.807) is 42.9 Å². The lowest BCUT2D eigenvalue weighted by Crippen LogP contribution is -2.55. The van der Waals surface area contributed by atoms with Gasteiger partial charge in [0, 0.05) is 26.2 Å². The van der Waals surface area contributed by atoms with Crippen molar-refractivity contribution in [1.29, 1.82) is 0 Å². The first-order chi connectivity index (χ1) is 20.1. The van der Waals surface area contributed by atoms with E-state index in [0.717, 1.165) is 11.3 Å². The topological polar surface area (TPSA) is 179 Å².